The fourth-order valence-electron chi connectivity index (χ4n) is 3.28. The first kappa shape index (κ1) is 12.4. The molecule has 3 fully saturated rings. The fraction of sp³-hybridized carbons (Fsp3) is 0.923. The first-order chi connectivity index (χ1) is 8.60. The standard InChI is InChI=1S/C13H20O5/c1-8-11(10-7-9(14)12(15)16-10)18-13(17-8)5-3-2-4-6-13/h8-11,14H,2-7H2,1H3/t8?,9-,10+,11+/m0/s1. The molecule has 0 amide bonds. The van der Waals surface area contributed by atoms with Crippen molar-refractivity contribution in [3.05, 3.63) is 0 Å². The average Bonchev–Trinajstić information content (AvgIpc) is 2.82. The molecule has 102 valence electrons. The number of ether oxygens (including phenoxy) is 3. The number of cyclic esters (lactones) is 1. The van der Waals surface area contributed by atoms with Crippen molar-refractivity contribution in [3.8, 4) is 0 Å². The minimum atomic E-state index is -1.01. The van der Waals surface area contributed by atoms with Crippen molar-refractivity contribution < 1.29 is 24.1 Å². The minimum absolute atomic E-state index is 0.0915. The SMILES string of the molecule is CC1OC2(CCCCC2)O[C@H]1[C@H]1C[C@H](O)C(=O)O1. The zero-order valence-corrected chi connectivity index (χ0v) is 10.6. The van der Waals surface area contributed by atoms with Gasteiger partial charge in [0.1, 0.15) is 12.2 Å². The first-order valence-corrected chi connectivity index (χ1v) is 6.84. The molecule has 0 bridgehead atoms. The Bertz CT molecular complexity index is 336. The van der Waals surface area contributed by atoms with Crippen LogP contribution in [0.15, 0.2) is 0 Å². The molecule has 1 N–H and O–H groups in total. The molecule has 0 aromatic heterocycles. The molecule has 5 heteroatoms. The summed E-state index contributed by atoms with van der Waals surface area (Å²) in [7, 11) is 0. The van der Waals surface area contributed by atoms with Crippen molar-refractivity contribution in [1.29, 1.82) is 0 Å². The highest BCUT2D eigenvalue weighted by molar-refractivity contribution is 5.76. The molecule has 5 nitrogen and oxygen atoms in total. The van der Waals surface area contributed by atoms with Crippen LogP contribution in [-0.2, 0) is 19.0 Å². The van der Waals surface area contributed by atoms with E-state index in [0.29, 0.717) is 6.42 Å². The summed E-state index contributed by atoms with van der Waals surface area (Å²) in [5.41, 5.74) is 0. The highest BCUT2D eigenvalue weighted by Gasteiger charge is 2.52. The van der Waals surface area contributed by atoms with Crippen LogP contribution < -0.4 is 0 Å². The molecule has 1 unspecified atom stereocenters. The molecule has 3 rings (SSSR count). The number of hydrogen-bond donors (Lipinski definition) is 1. The van der Waals surface area contributed by atoms with Gasteiger partial charge in [0.2, 0.25) is 0 Å². The normalized spacial score (nSPS) is 43.3. The van der Waals surface area contributed by atoms with Gasteiger partial charge in [-0.05, 0) is 19.8 Å². The van der Waals surface area contributed by atoms with Gasteiger partial charge in [-0.3, -0.25) is 0 Å². The van der Waals surface area contributed by atoms with Gasteiger partial charge in [0.05, 0.1) is 6.10 Å². The molecule has 1 saturated carbocycles. The summed E-state index contributed by atoms with van der Waals surface area (Å²) >= 11 is 0. The Labute approximate surface area is 106 Å². The number of hydrogen-bond acceptors (Lipinski definition) is 5. The highest BCUT2D eigenvalue weighted by Crippen LogP contribution is 2.42. The summed E-state index contributed by atoms with van der Waals surface area (Å²) in [4.78, 5) is 11.2. The van der Waals surface area contributed by atoms with Crippen LogP contribution in [0, 0.1) is 0 Å². The second-order valence-corrected chi connectivity index (χ2v) is 5.60. The molecule has 4 atom stereocenters. The molecule has 1 spiro atoms. The topological polar surface area (TPSA) is 65.0 Å². The Morgan fingerprint density at radius 1 is 1.22 bits per heavy atom. The Morgan fingerprint density at radius 2 is 1.94 bits per heavy atom. The Balaban J connectivity index is 1.69. The average molecular weight is 256 g/mol. The smallest absolute Gasteiger partial charge is 0.335 e. The van der Waals surface area contributed by atoms with E-state index in [1.54, 1.807) is 0 Å². The third kappa shape index (κ3) is 2.04. The monoisotopic (exact) mass is 256 g/mol. The molecule has 0 aromatic carbocycles. The Hall–Kier alpha value is -0.650. The van der Waals surface area contributed by atoms with Gasteiger partial charge in [-0.25, -0.2) is 4.79 Å². The third-order valence-electron chi connectivity index (χ3n) is 4.19. The van der Waals surface area contributed by atoms with E-state index in [0.717, 1.165) is 25.7 Å². The molecular weight excluding hydrogens is 236 g/mol. The first-order valence-electron chi connectivity index (χ1n) is 6.84. The maximum atomic E-state index is 11.2. The Morgan fingerprint density at radius 3 is 2.56 bits per heavy atom. The van der Waals surface area contributed by atoms with E-state index in [-0.39, 0.29) is 18.3 Å². The van der Waals surface area contributed by atoms with E-state index in [1.165, 1.54) is 6.42 Å². The molecule has 2 heterocycles. The minimum Gasteiger partial charge on any atom is -0.457 e. The summed E-state index contributed by atoms with van der Waals surface area (Å²) in [6.45, 7) is 1.95. The third-order valence-corrected chi connectivity index (χ3v) is 4.19. The van der Waals surface area contributed by atoms with Crippen LogP contribution in [0.4, 0.5) is 0 Å². The van der Waals surface area contributed by atoms with Crippen molar-refractivity contribution in [3.63, 3.8) is 0 Å². The van der Waals surface area contributed by atoms with Gasteiger partial charge >= 0.3 is 5.97 Å². The zero-order valence-electron chi connectivity index (χ0n) is 10.6. The second kappa shape index (κ2) is 4.47. The van der Waals surface area contributed by atoms with E-state index >= 15 is 0 Å². The van der Waals surface area contributed by atoms with E-state index in [1.807, 2.05) is 6.92 Å². The van der Waals surface area contributed by atoms with Crippen LogP contribution in [0.2, 0.25) is 0 Å². The number of aliphatic hydroxyl groups is 1. The molecular formula is C13H20O5. The van der Waals surface area contributed by atoms with Crippen molar-refractivity contribution in [2.45, 2.75) is 75.7 Å². The van der Waals surface area contributed by atoms with Gasteiger partial charge in [-0.15, -0.1) is 0 Å². The number of esters is 1. The van der Waals surface area contributed by atoms with Crippen LogP contribution in [0.3, 0.4) is 0 Å². The van der Waals surface area contributed by atoms with Crippen molar-refractivity contribution in [2.24, 2.45) is 0 Å². The van der Waals surface area contributed by atoms with Crippen LogP contribution in [0.5, 0.6) is 0 Å². The lowest BCUT2D eigenvalue weighted by Crippen LogP contribution is -2.36. The van der Waals surface area contributed by atoms with Gasteiger partial charge in [0, 0.05) is 19.3 Å². The second-order valence-electron chi connectivity index (χ2n) is 5.60. The van der Waals surface area contributed by atoms with Crippen molar-refractivity contribution in [2.75, 3.05) is 0 Å². The van der Waals surface area contributed by atoms with Gasteiger partial charge in [-0.1, -0.05) is 6.42 Å². The lowest BCUT2D eigenvalue weighted by Gasteiger charge is -2.32. The van der Waals surface area contributed by atoms with E-state index in [4.69, 9.17) is 14.2 Å². The summed E-state index contributed by atoms with van der Waals surface area (Å²) < 4.78 is 17.2. The van der Waals surface area contributed by atoms with Crippen LogP contribution in [0.25, 0.3) is 0 Å². The van der Waals surface area contributed by atoms with Crippen LogP contribution in [0.1, 0.15) is 45.4 Å². The van der Waals surface area contributed by atoms with E-state index in [9.17, 15) is 9.90 Å². The maximum Gasteiger partial charge on any atom is 0.335 e. The predicted molar refractivity (Wildman–Crippen MR) is 61.7 cm³/mol. The Kier molecular flexibility index (Phi) is 3.08. The highest BCUT2D eigenvalue weighted by atomic mass is 16.8. The maximum absolute atomic E-state index is 11.2. The van der Waals surface area contributed by atoms with Crippen molar-refractivity contribution in [1.82, 2.24) is 0 Å². The van der Waals surface area contributed by atoms with Gasteiger partial charge in [-0.2, -0.15) is 0 Å². The lowest BCUT2D eigenvalue weighted by atomic mass is 9.94. The molecule has 3 aliphatic rings. The quantitative estimate of drug-likeness (QED) is 0.712. The molecule has 2 saturated heterocycles. The number of carbonyl (C=O) groups is 1. The fourth-order valence-corrected chi connectivity index (χ4v) is 3.28. The predicted octanol–water partition coefficient (Wildman–Crippen LogP) is 1.13. The molecule has 0 aromatic rings. The number of carbonyl (C=O) groups excluding carboxylic acids is 1. The van der Waals surface area contributed by atoms with Crippen molar-refractivity contribution >= 4 is 5.97 Å². The van der Waals surface area contributed by atoms with Gasteiger partial charge in [0.25, 0.3) is 0 Å². The molecule has 2 aliphatic heterocycles. The number of aliphatic hydroxyl groups excluding tert-OH is 1. The van der Waals surface area contributed by atoms with Gasteiger partial charge in [0.15, 0.2) is 11.9 Å². The molecule has 18 heavy (non-hydrogen) atoms. The molecule has 0 radical (unpaired) electrons. The summed E-state index contributed by atoms with van der Waals surface area (Å²) in [6.07, 6.45) is 3.89. The van der Waals surface area contributed by atoms with E-state index < -0.39 is 17.9 Å². The summed E-state index contributed by atoms with van der Waals surface area (Å²) in [5, 5.41) is 9.45. The van der Waals surface area contributed by atoms with E-state index in [2.05, 4.69) is 0 Å². The van der Waals surface area contributed by atoms with Crippen LogP contribution in [-0.4, -0.2) is 41.3 Å². The van der Waals surface area contributed by atoms with Crippen LogP contribution >= 0.6 is 0 Å². The summed E-state index contributed by atoms with van der Waals surface area (Å²) in [6, 6.07) is 0. The zero-order chi connectivity index (χ0) is 12.8. The summed E-state index contributed by atoms with van der Waals surface area (Å²) in [5.74, 6) is -1.01. The lowest BCUT2D eigenvalue weighted by molar-refractivity contribution is -0.200. The molecule has 1 aliphatic carbocycles. The van der Waals surface area contributed by atoms with Gasteiger partial charge < -0.3 is 19.3 Å². The number of rotatable bonds is 1. The largest absolute Gasteiger partial charge is 0.457 e.